The fourth-order valence-corrected chi connectivity index (χ4v) is 2.42. The molecule has 0 aliphatic carbocycles. The largest absolute Gasteiger partial charge is 0.463 e. The maximum Gasteiger partial charge on any atom is 0.326 e. The van der Waals surface area contributed by atoms with Crippen LogP contribution in [0.5, 0.6) is 0 Å². The second kappa shape index (κ2) is 2.00. The number of cyclic esters (lactones) is 1. The van der Waals surface area contributed by atoms with Crippen LogP contribution < -0.4 is 0 Å². The lowest BCUT2D eigenvalue weighted by Gasteiger charge is -2.35. The molecule has 0 aromatic rings. The van der Waals surface area contributed by atoms with Gasteiger partial charge in [0.15, 0.2) is 0 Å². The molecule has 0 unspecified atom stereocenters. The Balaban J connectivity index is 1.98. The van der Waals surface area contributed by atoms with Crippen LogP contribution >= 0.6 is 0 Å². The first-order valence-electron chi connectivity index (χ1n) is 4.39. The van der Waals surface area contributed by atoms with Gasteiger partial charge in [-0.1, -0.05) is 6.92 Å². The highest BCUT2D eigenvalue weighted by Gasteiger charge is 2.57. The fraction of sp³-hybridized carbons (Fsp3) is 0.875. The zero-order chi connectivity index (χ0) is 8.29. The van der Waals surface area contributed by atoms with Gasteiger partial charge in [-0.15, -0.1) is 0 Å². The minimum atomic E-state index is -0.123. The van der Waals surface area contributed by atoms with Crippen molar-refractivity contribution < 1.29 is 14.4 Å². The van der Waals surface area contributed by atoms with Crippen molar-refractivity contribution in [1.29, 1.82) is 0 Å². The Hall–Kier alpha value is -0.610. The maximum absolute atomic E-state index is 11.3. The molecule has 0 spiro atoms. The van der Waals surface area contributed by atoms with Gasteiger partial charge in [-0.05, 0) is 6.42 Å². The number of ether oxygens (including phenoxy) is 1. The Morgan fingerprint density at radius 2 is 2.42 bits per heavy atom. The summed E-state index contributed by atoms with van der Waals surface area (Å²) in [5, 5.41) is 1.85. The van der Waals surface area contributed by atoms with E-state index in [0.717, 1.165) is 6.42 Å². The van der Waals surface area contributed by atoms with Crippen molar-refractivity contribution in [1.82, 2.24) is 5.06 Å². The number of hydrogen-bond acceptors (Lipinski definition) is 4. The second-order valence-electron chi connectivity index (χ2n) is 3.83. The number of morpholine rings is 1. The quantitative estimate of drug-likeness (QED) is 0.476. The number of piperidine rings is 1. The molecule has 4 nitrogen and oxygen atoms in total. The SMILES string of the molecule is C[C@H]1[C@@H]2C[C@@H]3COC(=O)[C@H]1N3O2. The van der Waals surface area contributed by atoms with E-state index in [0.29, 0.717) is 18.6 Å². The lowest BCUT2D eigenvalue weighted by atomic mass is 9.87. The minimum absolute atomic E-state index is 0.110. The number of nitrogens with zero attached hydrogens (tertiary/aromatic N) is 1. The molecule has 4 atom stereocenters. The van der Waals surface area contributed by atoms with E-state index < -0.39 is 0 Å². The highest BCUT2D eigenvalue weighted by molar-refractivity contribution is 5.77. The molecule has 3 fully saturated rings. The highest BCUT2D eigenvalue weighted by Crippen LogP contribution is 2.42. The Kier molecular flexibility index (Phi) is 1.14. The van der Waals surface area contributed by atoms with Crippen LogP contribution in [0.4, 0.5) is 0 Å². The van der Waals surface area contributed by atoms with Crippen molar-refractivity contribution in [2.75, 3.05) is 6.61 Å². The molecule has 4 heteroatoms. The van der Waals surface area contributed by atoms with E-state index in [1.165, 1.54) is 0 Å². The fourth-order valence-electron chi connectivity index (χ4n) is 2.42. The van der Waals surface area contributed by atoms with Crippen LogP contribution in [0.1, 0.15) is 13.3 Å². The maximum atomic E-state index is 11.3. The van der Waals surface area contributed by atoms with Crippen LogP contribution in [0, 0.1) is 5.92 Å². The van der Waals surface area contributed by atoms with Crippen LogP contribution in [0.2, 0.25) is 0 Å². The van der Waals surface area contributed by atoms with Gasteiger partial charge in [0.05, 0.1) is 12.1 Å². The summed E-state index contributed by atoms with van der Waals surface area (Å²) < 4.78 is 5.05. The van der Waals surface area contributed by atoms with Gasteiger partial charge in [0, 0.05) is 5.92 Å². The van der Waals surface area contributed by atoms with Crippen molar-refractivity contribution in [3.63, 3.8) is 0 Å². The molecule has 0 aromatic carbocycles. The monoisotopic (exact) mass is 169 g/mol. The van der Waals surface area contributed by atoms with E-state index in [9.17, 15) is 4.79 Å². The van der Waals surface area contributed by atoms with Crippen molar-refractivity contribution >= 4 is 5.97 Å². The molecule has 3 heterocycles. The van der Waals surface area contributed by atoms with Crippen LogP contribution in [-0.4, -0.2) is 35.8 Å². The predicted octanol–water partition coefficient (Wildman–Crippen LogP) is -0.0640. The summed E-state index contributed by atoms with van der Waals surface area (Å²) in [6, 6.07) is 0.205. The number of hydrogen-bond donors (Lipinski definition) is 0. The topological polar surface area (TPSA) is 38.8 Å². The summed E-state index contributed by atoms with van der Waals surface area (Å²) in [4.78, 5) is 16.9. The summed E-state index contributed by atoms with van der Waals surface area (Å²) in [6.07, 6.45) is 1.28. The van der Waals surface area contributed by atoms with Gasteiger partial charge in [0.1, 0.15) is 12.6 Å². The number of rotatable bonds is 0. The van der Waals surface area contributed by atoms with Gasteiger partial charge in [-0.25, -0.2) is 0 Å². The third-order valence-electron chi connectivity index (χ3n) is 3.14. The first-order chi connectivity index (χ1) is 5.77. The number of carbonyl (C=O) groups excluding carboxylic acids is 1. The van der Waals surface area contributed by atoms with Crippen molar-refractivity contribution in [3.8, 4) is 0 Å². The third-order valence-corrected chi connectivity index (χ3v) is 3.14. The van der Waals surface area contributed by atoms with Crippen molar-refractivity contribution in [2.45, 2.75) is 31.5 Å². The summed E-state index contributed by atoms with van der Waals surface area (Å²) in [6.45, 7) is 2.57. The van der Waals surface area contributed by atoms with Crippen LogP contribution in [0.15, 0.2) is 0 Å². The van der Waals surface area contributed by atoms with Crippen molar-refractivity contribution in [2.24, 2.45) is 5.92 Å². The van der Waals surface area contributed by atoms with Crippen molar-refractivity contribution in [3.05, 3.63) is 0 Å². The molecular formula is C8H11NO3. The molecular weight excluding hydrogens is 158 g/mol. The Labute approximate surface area is 70.4 Å². The van der Waals surface area contributed by atoms with E-state index >= 15 is 0 Å². The summed E-state index contributed by atoms with van der Waals surface area (Å²) in [5.74, 6) is 0.190. The first kappa shape index (κ1) is 6.86. The summed E-state index contributed by atoms with van der Waals surface area (Å²) in [7, 11) is 0. The molecule has 3 rings (SSSR count). The molecule has 3 aliphatic rings. The van der Waals surface area contributed by atoms with Gasteiger partial charge in [-0.3, -0.25) is 9.63 Å². The molecule has 2 bridgehead atoms. The van der Waals surface area contributed by atoms with E-state index in [4.69, 9.17) is 9.57 Å². The van der Waals surface area contributed by atoms with E-state index in [1.807, 2.05) is 5.06 Å². The third kappa shape index (κ3) is 0.630. The number of carbonyl (C=O) groups is 1. The average molecular weight is 169 g/mol. The molecule has 0 radical (unpaired) electrons. The standard InChI is InChI=1S/C8H11NO3/c1-4-6-2-5-3-11-8(10)7(4)9(5)12-6/h4-7H,2-3H2,1H3/t4-,5+,6-,7-/m0/s1. The summed E-state index contributed by atoms with van der Waals surface area (Å²) in [5.41, 5.74) is 0. The van der Waals surface area contributed by atoms with E-state index in [2.05, 4.69) is 6.92 Å². The zero-order valence-corrected chi connectivity index (χ0v) is 6.90. The lowest BCUT2D eigenvalue weighted by Crippen LogP contribution is -2.54. The number of hydroxylamine groups is 2. The van der Waals surface area contributed by atoms with Gasteiger partial charge in [0.2, 0.25) is 0 Å². The molecule has 0 amide bonds. The first-order valence-corrected chi connectivity index (χ1v) is 4.39. The Morgan fingerprint density at radius 1 is 1.58 bits per heavy atom. The molecule has 0 aromatic heterocycles. The molecule has 66 valence electrons. The Bertz CT molecular complexity index is 242. The normalized spacial score (nSPS) is 51.2. The molecule has 0 saturated carbocycles. The Morgan fingerprint density at radius 3 is 3.08 bits per heavy atom. The van der Waals surface area contributed by atoms with Gasteiger partial charge < -0.3 is 4.74 Å². The van der Waals surface area contributed by atoms with Crippen LogP contribution in [-0.2, 0) is 14.4 Å². The van der Waals surface area contributed by atoms with Gasteiger partial charge >= 0.3 is 5.97 Å². The second-order valence-corrected chi connectivity index (χ2v) is 3.83. The lowest BCUT2D eigenvalue weighted by molar-refractivity contribution is -0.195. The molecule has 12 heavy (non-hydrogen) atoms. The number of fused-ring (bicyclic) bond motifs is 1. The van der Waals surface area contributed by atoms with E-state index in [1.54, 1.807) is 0 Å². The molecule has 3 aliphatic heterocycles. The average Bonchev–Trinajstić information content (AvgIpc) is 2.57. The zero-order valence-electron chi connectivity index (χ0n) is 6.90. The molecule has 0 N–H and O–H groups in total. The minimum Gasteiger partial charge on any atom is -0.463 e. The number of esters is 1. The van der Waals surface area contributed by atoms with E-state index in [-0.39, 0.29) is 18.1 Å². The van der Waals surface area contributed by atoms with Gasteiger partial charge in [-0.2, -0.15) is 5.06 Å². The van der Waals surface area contributed by atoms with Crippen LogP contribution in [0.3, 0.4) is 0 Å². The smallest absolute Gasteiger partial charge is 0.326 e. The highest BCUT2D eigenvalue weighted by atomic mass is 16.7. The molecule has 3 saturated heterocycles. The van der Waals surface area contributed by atoms with Crippen LogP contribution in [0.25, 0.3) is 0 Å². The summed E-state index contributed by atoms with van der Waals surface area (Å²) >= 11 is 0. The van der Waals surface area contributed by atoms with Gasteiger partial charge in [0.25, 0.3) is 0 Å². The predicted molar refractivity (Wildman–Crippen MR) is 39.0 cm³/mol.